The Morgan fingerprint density at radius 2 is 1.62 bits per heavy atom. The van der Waals surface area contributed by atoms with Crippen LogP contribution in [-0.2, 0) is 22.5 Å². The summed E-state index contributed by atoms with van der Waals surface area (Å²) >= 11 is 0. The van der Waals surface area contributed by atoms with E-state index < -0.39 is 33.6 Å². The molecule has 180 valence electrons. The largest absolute Gasteiger partial charge is 0.418 e. The minimum atomic E-state index is -4.57. The van der Waals surface area contributed by atoms with Gasteiger partial charge in [-0.15, -0.1) is 0 Å². The van der Waals surface area contributed by atoms with Crippen LogP contribution in [0, 0.1) is 0 Å². The van der Waals surface area contributed by atoms with Crippen molar-refractivity contribution >= 4 is 21.2 Å². The van der Waals surface area contributed by atoms with Gasteiger partial charge >= 0.3 is 12.4 Å². The summed E-state index contributed by atoms with van der Waals surface area (Å²) in [4.78, 5) is 14.8. The zero-order chi connectivity index (χ0) is 25.3. The van der Waals surface area contributed by atoms with E-state index in [1.165, 1.54) is 36.7 Å². The molecule has 3 heterocycles. The summed E-state index contributed by atoms with van der Waals surface area (Å²) in [6, 6.07) is 8.02. The maximum absolute atomic E-state index is 13.2. The molecule has 0 saturated carbocycles. The second kappa shape index (κ2) is 9.02. The lowest BCUT2D eigenvalue weighted by atomic mass is 10.1. The van der Waals surface area contributed by atoms with Crippen LogP contribution < -0.4 is 0 Å². The van der Waals surface area contributed by atoms with Crippen LogP contribution in [-0.4, -0.2) is 39.2 Å². The van der Waals surface area contributed by atoms with Crippen LogP contribution in [0.2, 0.25) is 0 Å². The van der Waals surface area contributed by atoms with Crippen molar-refractivity contribution in [2.75, 3.05) is 6.26 Å². The topological polar surface area (TPSA) is 109 Å². The Bertz CT molecular complexity index is 1410. The van der Waals surface area contributed by atoms with E-state index >= 15 is 0 Å². The minimum Gasteiger partial charge on any atom is -0.337 e. The van der Waals surface area contributed by atoms with Crippen molar-refractivity contribution < 1.29 is 39.3 Å². The molecule has 2 N–H and O–H groups in total. The Morgan fingerprint density at radius 1 is 0.941 bits per heavy atom. The fraction of sp³-hybridized carbons (Fsp3) is 0.150. The standard InChI is InChI=1S/C19H10F6N4.CH4O3S/c20-18(21,22)11-4-6-13-15(8-11)29-17(28-13)14-5-3-10(9-27-14)16-12(19(23,24)25)2-1-7-26-16;1-5(2,3)4/h1-9H,(H,28,29);1H3,(H,2,3,4). The van der Waals surface area contributed by atoms with Gasteiger partial charge in [0.25, 0.3) is 10.1 Å². The molecule has 0 aliphatic rings. The zero-order valence-corrected chi connectivity index (χ0v) is 17.8. The maximum atomic E-state index is 13.2. The van der Waals surface area contributed by atoms with Crippen molar-refractivity contribution in [1.29, 1.82) is 0 Å². The Kier molecular flexibility index (Phi) is 6.66. The summed E-state index contributed by atoms with van der Waals surface area (Å²) in [5.41, 5.74) is -1.08. The van der Waals surface area contributed by atoms with Crippen molar-refractivity contribution in [2.24, 2.45) is 0 Å². The summed E-state index contributed by atoms with van der Waals surface area (Å²) in [6.45, 7) is 0. The van der Waals surface area contributed by atoms with Gasteiger partial charge in [-0.1, -0.05) is 0 Å². The van der Waals surface area contributed by atoms with E-state index in [2.05, 4.69) is 19.9 Å². The molecule has 34 heavy (non-hydrogen) atoms. The number of rotatable bonds is 2. The molecule has 4 rings (SSSR count). The monoisotopic (exact) mass is 504 g/mol. The zero-order valence-electron chi connectivity index (χ0n) is 17.0. The molecule has 1 aromatic carbocycles. The number of aromatic nitrogens is 4. The molecule has 0 spiro atoms. The normalized spacial score (nSPS) is 12.4. The highest BCUT2D eigenvalue weighted by Crippen LogP contribution is 2.36. The smallest absolute Gasteiger partial charge is 0.337 e. The third-order valence-electron chi connectivity index (χ3n) is 4.20. The number of nitrogens with one attached hydrogen (secondary N) is 1. The average molecular weight is 504 g/mol. The molecule has 0 aliphatic heterocycles. The number of alkyl halides is 6. The van der Waals surface area contributed by atoms with Gasteiger partial charge in [0, 0.05) is 18.0 Å². The quantitative estimate of drug-likeness (QED) is 0.286. The summed E-state index contributed by atoms with van der Waals surface area (Å²) in [7, 11) is -3.67. The first-order chi connectivity index (χ1) is 15.6. The molecule has 14 heteroatoms. The number of imidazole rings is 1. The van der Waals surface area contributed by atoms with Crippen LogP contribution in [0.15, 0.2) is 54.9 Å². The lowest BCUT2D eigenvalue weighted by Gasteiger charge is -2.11. The molecule has 0 fully saturated rings. The second-order valence-corrected chi connectivity index (χ2v) is 8.34. The van der Waals surface area contributed by atoms with Gasteiger partial charge in [-0.3, -0.25) is 14.5 Å². The number of hydrogen-bond acceptors (Lipinski definition) is 5. The summed E-state index contributed by atoms with van der Waals surface area (Å²) < 4.78 is 104. The lowest BCUT2D eigenvalue weighted by Crippen LogP contribution is -2.08. The fourth-order valence-electron chi connectivity index (χ4n) is 2.85. The molecule has 0 saturated heterocycles. The van der Waals surface area contributed by atoms with Crippen molar-refractivity contribution in [3.05, 3.63) is 66.0 Å². The molecule has 3 aromatic heterocycles. The first kappa shape index (κ1) is 25.1. The van der Waals surface area contributed by atoms with E-state index in [-0.39, 0.29) is 28.3 Å². The third-order valence-corrected chi connectivity index (χ3v) is 4.20. The van der Waals surface area contributed by atoms with E-state index in [1.54, 1.807) is 0 Å². The van der Waals surface area contributed by atoms with Crippen LogP contribution in [0.5, 0.6) is 0 Å². The van der Waals surface area contributed by atoms with Crippen molar-refractivity contribution in [3.63, 3.8) is 0 Å². The van der Waals surface area contributed by atoms with E-state index in [0.717, 1.165) is 18.2 Å². The van der Waals surface area contributed by atoms with Crippen LogP contribution in [0.4, 0.5) is 26.3 Å². The SMILES string of the molecule is CS(=O)(=O)O.FC(F)(F)c1ccc2nc(-c3ccc(-c4ncccc4C(F)(F)F)cn3)[nH]c2c1. The van der Waals surface area contributed by atoms with Crippen molar-refractivity contribution in [1.82, 2.24) is 19.9 Å². The van der Waals surface area contributed by atoms with E-state index in [9.17, 15) is 34.8 Å². The molecule has 0 radical (unpaired) electrons. The van der Waals surface area contributed by atoms with Gasteiger partial charge in [0.2, 0.25) is 0 Å². The lowest BCUT2D eigenvalue weighted by molar-refractivity contribution is -0.138. The summed E-state index contributed by atoms with van der Waals surface area (Å²) in [5.74, 6) is 0.197. The molecule has 0 unspecified atom stereocenters. The number of nitrogens with zero attached hydrogens (tertiary/aromatic N) is 3. The number of halogens is 6. The summed E-state index contributed by atoms with van der Waals surface area (Å²) in [5, 5.41) is 0. The van der Waals surface area contributed by atoms with Crippen molar-refractivity contribution in [3.8, 4) is 22.8 Å². The average Bonchev–Trinajstić information content (AvgIpc) is 3.15. The van der Waals surface area contributed by atoms with Gasteiger partial charge < -0.3 is 4.98 Å². The maximum Gasteiger partial charge on any atom is 0.418 e. The Balaban J connectivity index is 0.000000588. The third kappa shape index (κ3) is 6.29. The Morgan fingerprint density at radius 3 is 2.18 bits per heavy atom. The molecular formula is C20H14F6N4O3S. The first-order valence-electron chi connectivity index (χ1n) is 9.11. The van der Waals surface area contributed by atoms with E-state index in [1.807, 2.05) is 0 Å². The highest BCUT2D eigenvalue weighted by molar-refractivity contribution is 7.85. The second-order valence-electron chi connectivity index (χ2n) is 6.88. The molecule has 0 bridgehead atoms. The minimum absolute atomic E-state index is 0.150. The summed E-state index contributed by atoms with van der Waals surface area (Å²) in [6.07, 6.45) is -5.89. The van der Waals surface area contributed by atoms with Crippen LogP contribution in [0.3, 0.4) is 0 Å². The molecule has 7 nitrogen and oxygen atoms in total. The predicted octanol–water partition coefficient (Wildman–Crippen LogP) is 5.23. The predicted molar refractivity (Wildman–Crippen MR) is 110 cm³/mol. The number of pyridine rings is 2. The molecule has 0 amide bonds. The first-order valence-corrected chi connectivity index (χ1v) is 11.0. The van der Waals surface area contributed by atoms with Gasteiger partial charge in [-0.05, 0) is 42.5 Å². The Labute approximate surface area is 188 Å². The van der Waals surface area contributed by atoms with Crippen LogP contribution in [0.1, 0.15) is 11.1 Å². The van der Waals surface area contributed by atoms with Gasteiger partial charge in [0.15, 0.2) is 5.82 Å². The fourth-order valence-corrected chi connectivity index (χ4v) is 2.85. The highest BCUT2D eigenvalue weighted by Gasteiger charge is 2.34. The molecule has 0 atom stereocenters. The van der Waals surface area contributed by atoms with Gasteiger partial charge in [-0.2, -0.15) is 34.8 Å². The van der Waals surface area contributed by atoms with Gasteiger partial charge in [-0.25, -0.2) is 4.98 Å². The van der Waals surface area contributed by atoms with Gasteiger partial charge in [0.05, 0.1) is 34.1 Å². The van der Waals surface area contributed by atoms with Crippen molar-refractivity contribution in [2.45, 2.75) is 12.4 Å². The van der Waals surface area contributed by atoms with Crippen LogP contribution >= 0.6 is 0 Å². The number of hydrogen-bond donors (Lipinski definition) is 2. The van der Waals surface area contributed by atoms with Crippen LogP contribution in [0.25, 0.3) is 33.8 Å². The highest BCUT2D eigenvalue weighted by atomic mass is 32.2. The van der Waals surface area contributed by atoms with Gasteiger partial charge in [0.1, 0.15) is 5.69 Å². The number of aromatic amines is 1. The Hall–Kier alpha value is -3.52. The van der Waals surface area contributed by atoms with E-state index in [0.29, 0.717) is 11.8 Å². The van der Waals surface area contributed by atoms with E-state index in [4.69, 9.17) is 4.55 Å². The number of benzene rings is 1. The number of H-pyrrole nitrogens is 1. The molecule has 4 aromatic rings. The molecular weight excluding hydrogens is 490 g/mol. The molecule has 0 aliphatic carbocycles. The number of fused-ring (bicyclic) bond motifs is 1.